The summed E-state index contributed by atoms with van der Waals surface area (Å²) in [5.74, 6) is 4.82. The van der Waals surface area contributed by atoms with Gasteiger partial charge in [0, 0.05) is 127 Å². The minimum absolute atomic E-state index is 0.187. The highest BCUT2D eigenvalue weighted by atomic mass is 33.1. The van der Waals surface area contributed by atoms with Crippen molar-refractivity contribution in [1.82, 2.24) is 0 Å². The fourth-order valence-electron chi connectivity index (χ4n) is 7.94. The molecular weight excluding hydrogens is 1280 g/mol. The predicted octanol–water partition coefficient (Wildman–Crippen LogP) is 16.6. The molecule has 0 bridgehead atoms. The number of anilines is 5. The van der Waals surface area contributed by atoms with Gasteiger partial charge in [-0.3, -0.25) is 39.4 Å². The van der Waals surface area contributed by atoms with E-state index in [4.69, 9.17) is 36.9 Å². The van der Waals surface area contributed by atoms with Crippen LogP contribution in [-0.2, 0) is 63.9 Å². The lowest BCUT2D eigenvalue weighted by Crippen LogP contribution is -2.27. The normalized spacial score (nSPS) is 10.8. The van der Waals surface area contributed by atoms with Crippen LogP contribution in [0.1, 0.15) is 146 Å². The number of ether oxygens (including phenoxy) is 2. The van der Waals surface area contributed by atoms with Crippen LogP contribution in [0.25, 0.3) is 0 Å². The number of aliphatic carboxylic acids is 2. The van der Waals surface area contributed by atoms with E-state index in [2.05, 4.69) is 16.7 Å². The quantitative estimate of drug-likeness (QED) is 0.0110. The molecule has 0 saturated carbocycles. The van der Waals surface area contributed by atoms with Gasteiger partial charge in [0.15, 0.2) is 0 Å². The Morgan fingerprint density at radius 1 is 0.380 bits per heavy atom. The summed E-state index contributed by atoms with van der Waals surface area (Å²) in [7, 11) is 10.3. The number of carboxylic acid groups (broad SMARTS) is 2. The van der Waals surface area contributed by atoms with Gasteiger partial charge in [-0.15, -0.1) is 0 Å². The average Bonchev–Trinajstić information content (AvgIpc) is 3.08. The number of rotatable bonds is 37. The molecule has 0 aliphatic carbocycles. The zero-order valence-electron chi connectivity index (χ0n) is 54.3. The average molecular weight is 1380 g/mol. The molecule has 504 valence electrons. The molecular formula is C69H95N5O12S6. The minimum Gasteiger partial charge on any atom is -0.481 e. The maximum absolute atomic E-state index is 12.3. The number of nitrogens with one attached hydrogen (secondary N) is 2. The van der Waals surface area contributed by atoms with Crippen LogP contribution < -0.4 is 27.8 Å². The highest BCUT2D eigenvalue weighted by Gasteiger charge is 2.18. The Kier molecular flexibility index (Phi) is 42.4. The molecule has 0 atom stereocenters. The third kappa shape index (κ3) is 46.8. The van der Waals surface area contributed by atoms with E-state index in [-0.39, 0.29) is 36.0 Å². The summed E-state index contributed by atoms with van der Waals surface area (Å²) in [6.45, 7) is 12.9. The van der Waals surface area contributed by atoms with Crippen LogP contribution in [-0.4, -0.2) is 103 Å². The SMILES string of the molecule is CC(C)(C)OC(=O)Nc1cccc(N)c1.Cc1cccc(CC(=O)CCCSSCCCC(=O)Cc2cccc(NC(=O)OC(C)(C)C)c2)c1.Nc1cccc(CC(=O)CCCSSCCCC(=O)Cc2cccc(N)c2)c1.O=C(O)CCCSSCCCC(=O)O. The van der Waals surface area contributed by atoms with Crippen LogP contribution in [0.2, 0.25) is 0 Å². The Hall–Kier alpha value is -6.24. The first-order valence-corrected chi connectivity index (χ1v) is 38.0. The maximum Gasteiger partial charge on any atom is 0.412 e. The summed E-state index contributed by atoms with van der Waals surface area (Å²) in [5, 5.41) is 22.0. The third-order valence-electron chi connectivity index (χ3n) is 11.9. The van der Waals surface area contributed by atoms with Gasteiger partial charge < -0.3 is 36.9 Å². The lowest BCUT2D eigenvalue weighted by Gasteiger charge is -2.19. The first kappa shape index (κ1) is 81.9. The second-order valence-electron chi connectivity index (χ2n) is 23.3. The van der Waals surface area contributed by atoms with Crippen LogP contribution in [0.15, 0.2) is 121 Å². The second kappa shape index (κ2) is 47.6. The molecule has 5 aromatic rings. The topological polar surface area (TPSA) is 298 Å². The summed E-state index contributed by atoms with van der Waals surface area (Å²) in [6, 6.07) is 37.4. The highest BCUT2D eigenvalue weighted by molar-refractivity contribution is 8.77. The van der Waals surface area contributed by atoms with Gasteiger partial charge in [0.2, 0.25) is 0 Å². The third-order valence-corrected chi connectivity index (χ3v) is 19.6. The first-order chi connectivity index (χ1) is 43.6. The number of hydrogen-bond acceptors (Lipinski definition) is 19. The molecule has 10 N–H and O–H groups in total. The summed E-state index contributed by atoms with van der Waals surface area (Å²) < 4.78 is 10.4. The van der Waals surface area contributed by atoms with Gasteiger partial charge in [-0.25, -0.2) is 9.59 Å². The Labute approximate surface area is 568 Å². The van der Waals surface area contributed by atoms with Crippen LogP contribution in [0, 0.1) is 6.92 Å². The van der Waals surface area contributed by atoms with E-state index in [0.717, 1.165) is 82.5 Å². The van der Waals surface area contributed by atoms with Crippen molar-refractivity contribution < 1.29 is 58.0 Å². The number of Topliss-reactive ketones (excluding diaryl/α,β-unsaturated/α-hetero) is 4. The molecule has 0 aromatic heterocycles. The predicted molar refractivity (Wildman–Crippen MR) is 390 cm³/mol. The van der Waals surface area contributed by atoms with Gasteiger partial charge in [0.1, 0.15) is 34.3 Å². The van der Waals surface area contributed by atoms with Crippen molar-refractivity contribution in [2.75, 3.05) is 62.4 Å². The molecule has 2 amide bonds. The Balaban J connectivity index is 0.000000448. The van der Waals surface area contributed by atoms with E-state index >= 15 is 0 Å². The zero-order valence-corrected chi connectivity index (χ0v) is 59.2. The standard InChI is InChI=1S/C28H37NO4S2.C22H28N2O2S2.C11H16N2O2.C8H14O4S2/c1-21-9-5-10-22(17-21)19-25(30)13-7-15-34-35-16-8-14-26(31)20-23-11-6-12-24(18-23)29-27(32)33-28(2,3)4;23-19-7-1-5-17(13-19)15-21(25)9-3-11-27-28-12-4-10-22(26)16-18-6-2-8-20(24)14-18;1-11(2,3)15-10(14)13-9-6-4-5-8(12)7-9;9-7(10)3-1-5-13-14-6-2-4-8(11)12/h5-6,9-12,17-18H,7-8,13-16,19-20H2,1-4H3,(H,29,32);1-2,5-8,13-14H,3-4,9-12,15-16,23-24H2;4-7H,12H2,1-3H3,(H,13,14);1-6H2,(H,9,10)(H,11,12). The number of benzene rings is 5. The number of ketones is 4. The van der Waals surface area contributed by atoms with E-state index < -0.39 is 35.3 Å². The van der Waals surface area contributed by atoms with Crippen molar-refractivity contribution >= 4 is 140 Å². The molecule has 0 aliphatic rings. The lowest BCUT2D eigenvalue weighted by molar-refractivity contribution is -0.138. The molecule has 17 nitrogen and oxygen atoms in total. The van der Waals surface area contributed by atoms with Crippen LogP contribution in [0.4, 0.5) is 38.0 Å². The zero-order chi connectivity index (χ0) is 68.2. The number of amides is 2. The van der Waals surface area contributed by atoms with Crippen LogP contribution in [0.5, 0.6) is 0 Å². The molecule has 23 heteroatoms. The maximum atomic E-state index is 12.3. The van der Waals surface area contributed by atoms with E-state index in [1.807, 2.05) is 133 Å². The first-order valence-electron chi connectivity index (χ1n) is 30.6. The highest BCUT2D eigenvalue weighted by Crippen LogP contribution is 2.27. The molecule has 0 unspecified atom stereocenters. The second-order valence-corrected chi connectivity index (χ2v) is 31.4. The summed E-state index contributed by atoms with van der Waals surface area (Å²) in [5.41, 5.74) is 24.3. The van der Waals surface area contributed by atoms with Crippen molar-refractivity contribution in [3.05, 3.63) is 149 Å². The number of carbonyl (C=O) groups excluding carboxylic acids is 6. The molecule has 5 rings (SSSR count). The van der Waals surface area contributed by atoms with Gasteiger partial charge in [0.25, 0.3) is 0 Å². The number of hydrogen-bond donors (Lipinski definition) is 7. The number of carbonyl (C=O) groups is 8. The van der Waals surface area contributed by atoms with Crippen LogP contribution in [0.3, 0.4) is 0 Å². The lowest BCUT2D eigenvalue weighted by atomic mass is 10.0. The largest absolute Gasteiger partial charge is 0.481 e. The van der Waals surface area contributed by atoms with Crippen molar-refractivity contribution in [1.29, 1.82) is 0 Å². The number of nitrogen functional groups attached to an aromatic ring is 3. The van der Waals surface area contributed by atoms with Crippen molar-refractivity contribution in [2.45, 2.75) is 162 Å². The molecule has 0 heterocycles. The molecule has 0 saturated heterocycles. The van der Waals surface area contributed by atoms with Crippen molar-refractivity contribution in [2.24, 2.45) is 0 Å². The smallest absolute Gasteiger partial charge is 0.412 e. The monoisotopic (exact) mass is 1380 g/mol. The molecule has 0 aliphatic heterocycles. The molecule has 92 heavy (non-hydrogen) atoms. The summed E-state index contributed by atoms with van der Waals surface area (Å²) in [4.78, 5) is 92.0. The fourth-order valence-corrected chi connectivity index (χ4v) is 14.5. The Bertz CT molecular complexity index is 2960. The van der Waals surface area contributed by atoms with E-state index in [1.54, 1.807) is 95.1 Å². The van der Waals surface area contributed by atoms with Gasteiger partial charge in [-0.1, -0.05) is 137 Å². The van der Waals surface area contributed by atoms with Gasteiger partial charge in [-0.05, 0) is 164 Å². The van der Waals surface area contributed by atoms with Gasteiger partial charge in [0.05, 0.1) is 0 Å². The molecule has 5 aromatic carbocycles. The molecule has 0 fully saturated rings. The van der Waals surface area contributed by atoms with Crippen molar-refractivity contribution in [3.63, 3.8) is 0 Å². The number of aryl methyl sites for hydroxylation is 1. The van der Waals surface area contributed by atoms with E-state index in [9.17, 15) is 38.4 Å². The Morgan fingerprint density at radius 2 is 0.652 bits per heavy atom. The van der Waals surface area contributed by atoms with Gasteiger partial charge in [-0.2, -0.15) is 0 Å². The summed E-state index contributed by atoms with van der Waals surface area (Å²) >= 11 is 0. The summed E-state index contributed by atoms with van der Waals surface area (Å²) in [6.07, 6.45) is 8.38. The fraction of sp³-hybridized carbons (Fsp3) is 0.449. The number of carboxylic acids is 2. The van der Waals surface area contributed by atoms with Gasteiger partial charge >= 0.3 is 24.1 Å². The Morgan fingerprint density at radius 3 is 0.957 bits per heavy atom. The minimum atomic E-state index is -0.763. The molecule has 0 radical (unpaired) electrons. The number of nitrogens with two attached hydrogens (primary N) is 3. The van der Waals surface area contributed by atoms with E-state index in [1.165, 1.54) is 5.56 Å². The van der Waals surface area contributed by atoms with Crippen LogP contribution >= 0.6 is 64.8 Å². The van der Waals surface area contributed by atoms with Crippen molar-refractivity contribution in [3.8, 4) is 0 Å². The molecule has 0 spiro atoms. The van der Waals surface area contributed by atoms with E-state index in [0.29, 0.717) is 92.6 Å².